The molecule has 9 unspecified atom stereocenters. The summed E-state index contributed by atoms with van der Waals surface area (Å²) in [4.78, 5) is 37.8. The van der Waals surface area contributed by atoms with Crippen LogP contribution in [0, 0.1) is 46.3 Å². The number of unbranched alkanes of at least 4 members (excludes halogenated alkanes) is 1. The predicted octanol–water partition coefficient (Wildman–Crippen LogP) is 12.9. The zero-order valence-corrected chi connectivity index (χ0v) is 52.5. The number of aromatic amines is 1. The van der Waals surface area contributed by atoms with Crippen molar-refractivity contribution in [1.29, 1.82) is 0 Å². The van der Waals surface area contributed by atoms with Crippen LogP contribution in [0.1, 0.15) is 156 Å². The maximum atomic E-state index is 11.8. The van der Waals surface area contributed by atoms with Crippen molar-refractivity contribution in [3.8, 4) is 0 Å². The molecule has 3 fully saturated rings. The Balaban J connectivity index is 0.000000236. The largest absolute Gasteiger partial charge is 0.480 e. The van der Waals surface area contributed by atoms with Crippen LogP contribution in [0.4, 0.5) is 9.59 Å². The Hall–Kier alpha value is -4.55. The molecule has 4 aliphatic carbocycles. The van der Waals surface area contributed by atoms with Gasteiger partial charge in [0.1, 0.15) is 19.3 Å². The predicted molar refractivity (Wildman–Crippen MR) is 331 cm³/mol. The summed E-state index contributed by atoms with van der Waals surface area (Å²) in [5.41, 5.74) is 5.75. The smallest absolute Gasteiger partial charge is 0.407 e. The standard InChI is InChI=1S/C31H54O3.C19H26N2O6.C18H29NO4/c1-22(2)7-6-8-23(3)27-11-12-28-26-10-9-24-21-25(34-20-19-33-18-17-32)13-15-30(24,4)29(26)14-16-31(27,28)5;1-2-7-25-8-9-26-10-11-27-19(24)21-17(18(22)23)12-14-13-20-16-6-4-3-5-15(14)16;1-2-12-21-13-14-22-15-16-23-18(20)19-11-7-6-10-17-8-4-3-5-9-17/h9,22-23,25-29,32H,6-8,10-21H2,1-5H3;3-6,13,17,20H,2,7-12H2,1H3,(H,21,24)(H,22,23);3-5,8-9H,2,6-7,10-16H2,1H3,(H,19,20). The molecule has 0 saturated heterocycles. The van der Waals surface area contributed by atoms with Gasteiger partial charge in [0.15, 0.2) is 0 Å². The number of carboxylic acids is 1. The molecule has 0 radical (unpaired) electrons. The van der Waals surface area contributed by atoms with Crippen LogP contribution in [0.3, 0.4) is 0 Å². The average Bonchev–Trinajstić information content (AvgIpc) is 3.06. The van der Waals surface area contributed by atoms with Gasteiger partial charge in [0.2, 0.25) is 0 Å². The summed E-state index contributed by atoms with van der Waals surface area (Å²) in [7, 11) is 0. The summed E-state index contributed by atoms with van der Waals surface area (Å²) >= 11 is 0. The van der Waals surface area contributed by atoms with E-state index in [1.54, 1.807) is 11.8 Å². The molecule has 0 spiro atoms. The van der Waals surface area contributed by atoms with Crippen LogP contribution in [-0.4, -0.2) is 145 Å². The van der Waals surface area contributed by atoms with E-state index in [9.17, 15) is 19.5 Å². The number of carboxylic acid groups (broad SMARTS) is 1. The Morgan fingerprint density at radius 1 is 0.690 bits per heavy atom. The first-order chi connectivity index (χ1) is 40.7. The van der Waals surface area contributed by atoms with Crippen molar-refractivity contribution in [2.45, 2.75) is 170 Å². The molecular formula is C68H109N3O13. The molecule has 2 aromatic carbocycles. The maximum absolute atomic E-state index is 11.8. The van der Waals surface area contributed by atoms with Crippen LogP contribution in [-0.2, 0) is 55.5 Å². The minimum absolute atomic E-state index is 0.0407. The molecule has 0 bridgehead atoms. The number of benzene rings is 2. The molecule has 4 aliphatic rings. The second-order valence-electron chi connectivity index (χ2n) is 24.6. The Kier molecular flexibility index (Phi) is 32.8. The number of nitrogens with one attached hydrogen (secondary N) is 3. The van der Waals surface area contributed by atoms with Crippen molar-refractivity contribution >= 4 is 29.1 Å². The second kappa shape index (κ2) is 39.3. The minimum atomic E-state index is -1.12. The lowest BCUT2D eigenvalue weighted by Crippen LogP contribution is -2.51. The van der Waals surface area contributed by atoms with Crippen LogP contribution in [0.5, 0.6) is 0 Å². The number of hydrogen-bond donors (Lipinski definition) is 5. The second-order valence-corrected chi connectivity index (χ2v) is 24.6. The average molecular weight is 1180 g/mol. The number of carbonyl (C=O) groups is 3. The van der Waals surface area contributed by atoms with E-state index in [0.29, 0.717) is 82.9 Å². The van der Waals surface area contributed by atoms with Crippen molar-refractivity contribution in [3.05, 3.63) is 83.6 Å². The highest BCUT2D eigenvalue weighted by Crippen LogP contribution is 2.67. The van der Waals surface area contributed by atoms with Crippen molar-refractivity contribution in [2.24, 2.45) is 46.3 Å². The van der Waals surface area contributed by atoms with Gasteiger partial charge in [-0.05, 0) is 147 Å². The van der Waals surface area contributed by atoms with E-state index in [4.69, 9.17) is 43.0 Å². The van der Waals surface area contributed by atoms with Gasteiger partial charge in [0, 0.05) is 43.3 Å². The fourth-order valence-electron chi connectivity index (χ4n) is 13.8. The lowest BCUT2D eigenvalue weighted by molar-refractivity contribution is -0.139. The third kappa shape index (κ3) is 23.6. The summed E-state index contributed by atoms with van der Waals surface area (Å²) < 4.78 is 42.7. The number of para-hydroxylation sites is 1. The number of rotatable bonds is 36. The number of carbonyl (C=O) groups excluding carboxylic acids is 2. The molecule has 3 aromatic rings. The third-order valence-electron chi connectivity index (χ3n) is 18.1. The lowest BCUT2D eigenvalue weighted by atomic mass is 9.47. The van der Waals surface area contributed by atoms with Crippen molar-refractivity contribution in [3.63, 3.8) is 0 Å². The van der Waals surface area contributed by atoms with Crippen LogP contribution in [0.2, 0.25) is 0 Å². The fourth-order valence-corrected chi connectivity index (χ4v) is 13.8. The lowest BCUT2D eigenvalue weighted by Gasteiger charge is -2.58. The number of ether oxygens (including phenoxy) is 8. The molecule has 9 atom stereocenters. The fraction of sp³-hybridized carbons (Fsp3) is 0.721. The molecule has 2 amide bonds. The highest BCUT2D eigenvalue weighted by atomic mass is 16.6. The van der Waals surface area contributed by atoms with Gasteiger partial charge in [-0.15, -0.1) is 0 Å². The number of aryl methyl sites for hydroxylation is 1. The highest BCUT2D eigenvalue weighted by molar-refractivity contribution is 5.85. The number of amides is 2. The van der Waals surface area contributed by atoms with E-state index < -0.39 is 18.1 Å². The van der Waals surface area contributed by atoms with Crippen molar-refractivity contribution < 1.29 is 62.5 Å². The number of H-pyrrole nitrogens is 1. The summed E-state index contributed by atoms with van der Waals surface area (Å²) in [6, 6.07) is 16.8. The summed E-state index contributed by atoms with van der Waals surface area (Å²) in [6.07, 6.45) is 23.8. The number of aliphatic carboxylic acids is 1. The zero-order valence-electron chi connectivity index (χ0n) is 52.5. The first-order valence-corrected chi connectivity index (χ1v) is 32.2. The number of aliphatic hydroxyl groups excluding tert-OH is 1. The minimum Gasteiger partial charge on any atom is -0.480 e. The molecule has 1 aromatic heterocycles. The van der Waals surface area contributed by atoms with E-state index in [2.05, 4.69) is 75.4 Å². The molecule has 5 N–H and O–H groups in total. The molecule has 0 aliphatic heterocycles. The van der Waals surface area contributed by atoms with Gasteiger partial charge in [-0.2, -0.15) is 0 Å². The Labute approximate surface area is 503 Å². The SMILES string of the molecule is CC(C)CCCC(C)C1CCC2C3CC=C4CC(OCCOCCO)CCC4(C)C3CCC12C.CCCOCCOCCOC(=O)NC(Cc1c[nH]c2ccccc12)C(=O)O.CCCOCCOCCOC(=O)NCCCCc1ccccc1. The van der Waals surface area contributed by atoms with Crippen LogP contribution in [0.15, 0.2) is 72.4 Å². The number of fused-ring (bicyclic) bond motifs is 6. The van der Waals surface area contributed by atoms with Crippen LogP contribution < -0.4 is 10.6 Å². The number of alkyl carbamates (subject to hydrolysis) is 2. The Morgan fingerprint density at radius 3 is 2.01 bits per heavy atom. The number of allylic oxidation sites excluding steroid dienone is 1. The maximum Gasteiger partial charge on any atom is 0.407 e. The van der Waals surface area contributed by atoms with E-state index in [-0.39, 0.29) is 38.9 Å². The first-order valence-electron chi connectivity index (χ1n) is 32.2. The van der Waals surface area contributed by atoms with Gasteiger partial charge < -0.3 is 63.7 Å². The van der Waals surface area contributed by atoms with Crippen LogP contribution in [0.25, 0.3) is 10.9 Å². The molecule has 474 valence electrons. The quantitative estimate of drug-likeness (QED) is 0.0272. The van der Waals surface area contributed by atoms with Gasteiger partial charge in [0.05, 0.1) is 72.2 Å². The van der Waals surface area contributed by atoms with Gasteiger partial charge in [0.25, 0.3) is 0 Å². The van der Waals surface area contributed by atoms with E-state index in [1.165, 1.54) is 69.8 Å². The van der Waals surface area contributed by atoms with Gasteiger partial charge >= 0.3 is 18.2 Å². The normalized spacial score (nSPS) is 23.1. The number of aromatic nitrogens is 1. The van der Waals surface area contributed by atoms with Gasteiger partial charge in [-0.3, -0.25) is 0 Å². The van der Waals surface area contributed by atoms with E-state index in [0.717, 1.165) is 97.1 Å². The molecule has 3 saturated carbocycles. The van der Waals surface area contributed by atoms with Gasteiger partial charge in [-0.1, -0.05) is 128 Å². The van der Waals surface area contributed by atoms with Crippen molar-refractivity contribution in [1.82, 2.24) is 15.6 Å². The summed E-state index contributed by atoms with van der Waals surface area (Å²) in [6.45, 7) is 23.5. The van der Waals surface area contributed by atoms with E-state index in [1.807, 2.05) is 49.4 Å². The van der Waals surface area contributed by atoms with Crippen molar-refractivity contribution in [2.75, 3.05) is 99.0 Å². The zero-order chi connectivity index (χ0) is 60.4. The van der Waals surface area contributed by atoms with Gasteiger partial charge in [-0.25, -0.2) is 14.4 Å². The van der Waals surface area contributed by atoms with Crippen LogP contribution >= 0.6 is 0 Å². The number of aliphatic hydroxyl groups is 1. The first kappa shape index (κ1) is 70.2. The van der Waals surface area contributed by atoms with E-state index >= 15 is 0 Å². The summed E-state index contributed by atoms with van der Waals surface area (Å²) in [5.74, 6) is 4.29. The molecule has 16 heteroatoms. The molecule has 7 rings (SSSR count). The highest BCUT2D eigenvalue weighted by Gasteiger charge is 2.59. The summed E-state index contributed by atoms with van der Waals surface area (Å²) in [5, 5.41) is 24.3. The third-order valence-corrected chi connectivity index (χ3v) is 18.1. The molecule has 84 heavy (non-hydrogen) atoms. The number of hydrogen-bond acceptors (Lipinski definition) is 12. The molecular weight excluding hydrogens is 1070 g/mol. The Bertz CT molecular complexity index is 2310. The topological polar surface area (TPSA) is 205 Å². The monoisotopic (exact) mass is 1180 g/mol. The molecule has 16 nitrogen and oxygen atoms in total. The Morgan fingerprint density at radius 2 is 1.33 bits per heavy atom. The molecule has 1 heterocycles.